The summed E-state index contributed by atoms with van der Waals surface area (Å²) < 4.78 is 14.0. The number of nitrogens with zero attached hydrogens (tertiary/aromatic N) is 1. The van der Waals surface area contributed by atoms with Gasteiger partial charge in [-0.2, -0.15) is 5.26 Å². The third kappa shape index (κ3) is 1.75. The van der Waals surface area contributed by atoms with Gasteiger partial charge in [0.1, 0.15) is 17.4 Å². The van der Waals surface area contributed by atoms with E-state index in [1.807, 2.05) is 6.07 Å². The van der Waals surface area contributed by atoms with E-state index in [1.54, 1.807) is 18.2 Å². The molecule has 0 bridgehead atoms. The van der Waals surface area contributed by atoms with Gasteiger partial charge in [-0.3, -0.25) is 4.79 Å². The Labute approximate surface area is 109 Å². The molecular formula is C15H11FN2O. The van der Waals surface area contributed by atoms with Crippen LogP contribution in [-0.4, -0.2) is 4.98 Å². The first-order valence-electron chi connectivity index (χ1n) is 6.15. The summed E-state index contributed by atoms with van der Waals surface area (Å²) in [6.07, 6.45) is 2.46. The number of aromatic nitrogens is 1. The maximum absolute atomic E-state index is 14.0. The molecule has 1 N–H and O–H groups in total. The Morgan fingerprint density at radius 3 is 2.79 bits per heavy atom. The normalized spacial score (nSPS) is 13.1. The standard InChI is InChI=1S/C15H11FN2O/c16-12-6-2-1-4-9(12)14-10-5-3-7-13(10)18-15(19)11(14)8-17/h1-2,4,6H,3,5,7H2,(H,18,19). The molecule has 1 aromatic carbocycles. The number of nitrogens with one attached hydrogen (secondary N) is 1. The average Bonchev–Trinajstić information content (AvgIpc) is 2.85. The Kier molecular flexibility index (Phi) is 2.68. The molecule has 0 fully saturated rings. The molecular weight excluding hydrogens is 243 g/mol. The van der Waals surface area contributed by atoms with Crippen molar-refractivity contribution in [3.8, 4) is 17.2 Å². The molecule has 1 aliphatic carbocycles. The van der Waals surface area contributed by atoms with Gasteiger partial charge in [0.05, 0.1) is 0 Å². The van der Waals surface area contributed by atoms with Crippen LogP contribution in [0.3, 0.4) is 0 Å². The smallest absolute Gasteiger partial charge is 0.266 e. The van der Waals surface area contributed by atoms with Gasteiger partial charge in [0.25, 0.3) is 5.56 Å². The van der Waals surface area contributed by atoms with E-state index in [2.05, 4.69) is 4.98 Å². The van der Waals surface area contributed by atoms with Crippen molar-refractivity contribution in [1.29, 1.82) is 5.26 Å². The van der Waals surface area contributed by atoms with Crippen LogP contribution in [0.25, 0.3) is 11.1 Å². The van der Waals surface area contributed by atoms with Crippen molar-refractivity contribution in [2.75, 3.05) is 0 Å². The Balaban J connectivity index is 2.41. The first-order valence-corrected chi connectivity index (χ1v) is 6.15. The maximum atomic E-state index is 14.0. The van der Waals surface area contributed by atoms with Crippen molar-refractivity contribution in [3.63, 3.8) is 0 Å². The number of hydrogen-bond acceptors (Lipinski definition) is 2. The van der Waals surface area contributed by atoms with Crippen LogP contribution in [0.5, 0.6) is 0 Å². The Hall–Kier alpha value is -2.41. The summed E-state index contributed by atoms with van der Waals surface area (Å²) in [6.45, 7) is 0. The second kappa shape index (κ2) is 4.36. The predicted octanol–water partition coefficient (Wildman–Crippen LogP) is 2.54. The molecule has 0 radical (unpaired) electrons. The molecule has 94 valence electrons. The Bertz CT molecular complexity index is 756. The number of halogens is 1. The topological polar surface area (TPSA) is 56.6 Å². The summed E-state index contributed by atoms with van der Waals surface area (Å²) in [5.74, 6) is -0.404. The SMILES string of the molecule is N#Cc1c(-c2ccccc2F)c2c([nH]c1=O)CCC2. The van der Waals surface area contributed by atoms with Gasteiger partial charge in [0.15, 0.2) is 0 Å². The first kappa shape index (κ1) is 11.7. The van der Waals surface area contributed by atoms with E-state index in [0.717, 1.165) is 30.5 Å². The lowest BCUT2D eigenvalue weighted by atomic mass is 9.95. The molecule has 3 rings (SSSR count). The van der Waals surface area contributed by atoms with Crippen molar-refractivity contribution >= 4 is 0 Å². The van der Waals surface area contributed by atoms with E-state index in [9.17, 15) is 14.4 Å². The minimum absolute atomic E-state index is 0.00532. The van der Waals surface area contributed by atoms with Crippen molar-refractivity contribution in [2.45, 2.75) is 19.3 Å². The number of rotatable bonds is 1. The van der Waals surface area contributed by atoms with E-state index >= 15 is 0 Å². The molecule has 1 heterocycles. The van der Waals surface area contributed by atoms with Crippen LogP contribution in [-0.2, 0) is 12.8 Å². The van der Waals surface area contributed by atoms with Crippen LogP contribution in [0, 0.1) is 17.1 Å². The van der Waals surface area contributed by atoms with E-state index in [1.165, 1.54) is 6.07 Å². The first-order chi connectivity index (χ1) is 9.22. The second-order valence-corrected chi connectivity index (χ2v) is 4.61. The zero-order chi connectivity index (χ0) is 13.4. The summed E-state index contributed by atoms with van der Waals surface area (Å²) in [5, 5.41) is 9.19. The Morgan fingerprint density at radius 2 is 2.05 bits per heavy atom. The van der Waals surface area contributed by atoms with Gasteiger partial charge in [0, 0.05) is 16.8 Å². The van der Waals surface area contributed by atoms with Gasteiger partial charge >= 0.3 is 0 Å². The van der Waals surface area contributed by atoms with Crippen molar-refractivity contribution < 1.29 is 4.39 Å². The molecule has 2 aromatic rings. The zero-order valence-electron chi connectivity index (χ0n) is 10.2. The maximum Gasteiger partial charge on any atom is 0.266 e. The van der Waals surface area contributed by atoms with Crippen molar-refractivity contribution in [1.82, 2.24) is 4.98 Å². The molecule has 0 saturated heterocycles. The van der Waals surface area contributed by atoms with Gasteiger partial charge in [0.2, 0.25) is 0 Å². The molecule has 4 heteroatoms. The molecule has 1 aliphatic rings. The average molecular weight is 254 g/mol. The summed E-state index contributed by atoms with van der Waals surface area (Å²) >= 11 is 0. The fourth-order valence-corrected chi connectivity index (χ4v) is 2.69. The third-order valence-corrected chi connectivity index (χ3v) is 3.52. The van der Waals surface area contributed by atoms with Gasteiger partial charge in [-0.1, -0.05) is 18.2 Å². The van der Waals surface area contributed by atoms with E-state index in [4.69, 9.17) is 0 Å². The number of nitriles is 1. The fraction of sp³-hybridized carbons (Fsp3) is 0.200. The lowest BCUT2D eigenvalue weighted by Gasteiger charge is -2.11. The van der Waals surface area contributed by atoms with Crippen LogP contribution in [0.2, 0.25) is 0 Å². The van der Waals surface area contributed by atoms with Crippen LogP contribution in [0.15, 0.2) is 29.1 Å². The quantitative estimate of drug-likeness (QED) is 0.850. The molecule has 0 atom stereocenters. The van der Waals surface area contributed by atoms with E-state index in [-0.39, 0.29) is 5.56 Å². The minimum Gasteiger partial charge on any atom is -0.325 e. The van der Waals surface area contributed by atoms with Crippen molar-refractivity contribution in [3.05, 3.63) is 57.3 Å². The molecule has 1 aromatic heterocycles. The molecule has 0 aliphatic heterocycles. The van der Waals surface area contributed by atoms with E-state index < -0.39 is 11.4 Å². The summed E-state index contributed by atoms with van der Waals surface area (Å²) in [5.41, 5.74) is 2.12. The van der Waals surface area contributed by atoms with Gasteiger partial charge in [-0.05, 0) is 30.9 Å². The van der Waals surface area contributed by atoms with Crippen LogP contribution in [0.1, 0.15) is 23.2 Å². The number of pyridine rings is 1. The summed E-state index contributed by atoms with van der Waals surface area (Å²) in [6, 6.07) is 8.18. The van der Waals surface area contributed by atoms with Gasteiger partial charge < -0.3 is 4.98 Å². The monoisotopic (exact) mass is 254 g/mol. The number of aryl methyl sites for hydroxylation is 1. The molecule has 0 spiro atoms. The summed E-state index contributed by atoms with van der Waals surface area (Å²) in [4.78, 5) is 14.7. The largest absolute Gasteiger partial charge is 0.325 e. The molecule has 19 heavy (non-hydrogen) atoms. The van der Waals surface area contributed by atoms with Crippen LogP contribution in [0.4, 0.5) is 4.39 Å². The Morgan fingerprint density at radius 1 is 1.26 bits per heavy atom. The predicted molar refractivity (Wildman–Crippen MR) is 69.2 cm³/mol. The van der Waals surface area contributed by atoms with Crippen LogP contribution >= 0.6 is 0 Å². The molecule has 0 amide bonds. The summed E-state index contributed by atoms with van der Waals surface area (Å²) in [7, 11) is 0. The lowest BCUT2D eigenvalue weighted by molar-refractivity contribution is 0.631. The van der Waals surface area contributed by atoms with Crippen molar-refractivity contribution in [2.24, 2.45) is 0 Å². The number of hydrogen-bond donors (Lipinski definition) is 1. The highest BCUT2D eigenvalue weighted by molar-refractivity contribution is 5.75. The number of benzene rings is 1. The lowest BCUT2D eigenvalue weighted by Crippen LogP contribution is -2.15. The third-order valence-electron chi connectivity index (χ3n) is 3.52. The molecule has 0 saturated carbocycles. The number of aromatic amines is 1. The zero-order valence-corrected chi connectivity index (χ0v) is 10.2. The van der Waals surface area contributed by atoms with E-state index in [0.29, 0.717) is 11.1 Å². The highest BCUT2D eigenvalue weighted by atomic mass is 19.1. The van der Waals surface area contributed by atoms with Gasteiger partial charge in [-0.25, -0.2) is 4.39 Å². The molecule has 3 nitrogen and oxygen atoms in total. The highest BCUT2D eigenvalue weighted by Gasteiger charge is 2.23. The number of H-pyrrole nitrogens is 1. The highest BCUT2D eigenvalue weighted by Crippen LogP contribution is 2.33. The molecule has 0 unspecified atom stereocenters. The second-order valence-electron chi connectivity index (χ2n) is 4.61. The number of fused-ring (bicyclic) bond motifs is 1. The fourth-order valence-electron chi connectivity index (χ4n) is 2.69. The minimum atomic E-state index is -0.429. The van der Waals surface area contributed by atoms with Gasteiger partial charge in [-0.15, -0.1) is 0 Å². The van der Waals surface area contributed by atoms with Crippen LogP contribution < -0.4 is 5.56 Å².